The molecule has 0 aliphatic carbocycles. The molecule has 0 radical (unpaired) electrons. The van der Waals surface area contributed by atoms with Crippen molar-refractivity contribution in [2.45, 2.75) is 18.4 Å². The first-order valence-corrected chi connectivity index (χ1v) is 11.5. The third-order valence-corrected chi connectivity index (χ3v) is 6.68. The number of terminal acetylenes is 1. The third-order valence-electron chi connectivity index (χ3n) is 5.92. The van der Waals surface area contributed by atoms with Gasteiger partial charge in [-0.05, 0) is 48.9 Å². The second kappa shape index (κ2) is 9.71. The molecule has 170 valence electrons. The van der Waals surface area contributed by atoms with Crippen molar-refractivity contribution in [2.24, 2.45) is 0 Å². The molecule has 1 amide bonds. The third kappa shape index (κ3) is 4.91. The highest BCUT2D eigenvalue weighted by Gasteiger charge is 2.30. The smallest absolute Gasteiger partial charge is 0.257 e. The first-order valence-electron chi connectivity index (χ1n) is 10.6. The molecule has 4 rings (SSSR count). The molecule has 0 bridgehead atoms. The van der Waals surface area contributed by atoms with Crippen molar-refractivity contribution in [1.82, 2.24) is 10.3 Å². The van der Waals surface area contributed by atoms with Crippen molar-refractivity contribution in [3.63, 3.8) is 0 Å². The highest BCUT2D eigenvalue weighted by atomic mass is 32.1. The Morgan fingerprint density at radius 2 is 2.06 bits per heavy atom. The normalized spacial score (nSPS) is 17.8. The van der Waals surface area contributed by atoms with Crippen molar-refractivity contribution in [3.8, 4) is 12.3 Å². The van der Waals surface area contributed by atoms with Crippen LogP contribution in [0.2, 0.25) is 0 Å². The summed E-state index contributed by atoms with van der Waals surface area (Å²) in [7, 11) is 0. The maximum atomic E-state index is 13.3. The van der Waals surface area contributed by atoms with Gasteiger partial charge in [0.25, 0.3) is 5.91 Å². The topological polar surface area (TPSA) is 77.5 Å². The van der Waals surface area contributed by atoms with Crippen molar-refractivity contribution in [2.75, 3.05) is 36.5 Å². The van der Waals surface area contributed by atoms with E-state index in [4.69, 9.17) is 6.42 Å². The van der Waals surface area contributed by atoms with Gasteiger partial charge in [0.05, 0.1) is 17.7 Å². The monoisotopic (exact) mass is 464 g/mol. The lowest BCUT2D eigenvalue weighted by atomic mass is 9.81. The fourth-order valence-electron chi connectivity index (χ4n) is 3.82. The van der Waals surface area contributed by atoms with Crippen LogP contribution in [0.15, 0.2) is 53.9 Å². The number of anilines is 2. The van der Waals surface area contributed by atoms with E-state index in [0.29, 0.717) is 22.9 Å². The average Bonchev–Trinajstić information content (AvgIpc) is 3.33. The lowest BCUT2D eigenvalue weighted by Crippen LogP contribution is -2.52. The van der Waals surface area contributed by atoms with Crippen LogP contribution < -0.4 is 15.5 Å². The van der Waals surface area contributed by atoms with Gasteiger partial charge in [-0.15, -0.1) is 17.8 Å². The molecule has 3 aromatic rings. The van der Waals surface area contributed by atoms with Gasteiger partial charge in [-0.2, -0.15) is 0 Å². The Bertz CT molecular complexity index is 1160. The zero-order chi connectivity index (χ0) is 23.4. The van der Waals surface area contributed by atoms with Gasteiger partial charge in [-0.1, -0.05) is 18.1 Å². The van der Waals surface area contributed by atoms with Gasteiger partial charge in [0.15, 0.2) is 5.13 Å². The first-order chi connectivity index (χ1) is 15.9. The predicted molar refractivity (Wildman–Crippen MR) is 129 cm³/mol. The van der Waals surface area contributed by atoms with E-state index in [2.05, 4.69) is 26.4 Å². The Labute approximate surface area is 196 Å². The average molecular weight is 465 g/mol. The van der Waals surface area contributed by atoms with Crippen LogP contribution in [0.1, 0.15) is 28.5 Å². The minimum atomic E-state index is -0.843. The van der Waals surface area contributed by atoms with E-state index in [0.717, 1.165) is 24.3 Å². The molecule has 1 unspecified atom stereocenters. The van der Waals surface area contributed by atoms with E-state index < -0.39 is 5.41 Å². The van der Waals surface area contributed by atoms with Crippen LogP contribution in [0.25, 0.3) is 0 Å². The highest BCUT2D eigenvalue weighted by Crippen LogP contribution is 2.33. The molecule has 2 aromatic carbocycles. The molecule has 0 saturated carbocycles. The van der Waals surface area contributed by atoms with Crippen LogP contribution in [0.4, 0.5) is 15.2 Å². The van der Waals surface area contributed by atoms with Crippen molar-refractivity contribution >= 4 is 28.1 Å². The number of aliphatic hydroxyl groups is 1. The van der Waals surface area contributed by atoms with Gasteiger partial charge in [-0.3, -0.25) is 10.1 Å². The van der Waals surface area contributed by atoms with Gasteiger partial charge in [0.2, 0.25) is 0 Å². The fraction of sp³-hybridized carbons (Fsp3) is 0.280. The number of hydrogen-bond acceptors (Lipinski definition) is 6. The zero-order valence-electron chi connectivity index (χ0n) is 18.2. The molecule has 0 spiro atoms. The second-order valence-corrected chi connectivity index (χ2v) is 8.95. The van der Waals surface area contributed by atoms with Crippen LogP contribution in [-0.4, -0.2) is 48.3 Å². The predicted octanol–water partition coefficient (Wildman–Crippen LogP) is 3.24. The van der Waals surface area contributed by atoms with Gasteiger partial charge in [0, 0.05) is 42.3 Å². The maximum Gasteiger partial charge on any atom is 0.257 e. The minimum absolute atomic E-state index is 0.0458. The number of piperazine rings is 1. The molecule has 1 aromatic heterocycles. The van der Waals surface area contributed by atoms with Crippen LogP contribution >= 0.6 is 11.3 Å². The molecule has 1 fully saturated rings. The Morgan fingerprint density at radius 3 is 2.73 bits per heavy atom. The molecule has 1 aliphatic rings. The van der Waals surface area contributed by atoms with Crippen molar-refractivity contribution in [1.29, 1.82) is 0 Å². The molecule has 1 saturated heterocycles. The molecular formula is C25H25FN4O2S. The fourth-order valence-corrected chi connectivity index (χ4v) is 4.64. The number of carbonyl (C=O) groups excluding carboxylic acids is 1. The van der Waals surface area contributed by atoms with Crippen molar-refractivity contribution < 1.29 is 14.3 Å². The minimum Gasteiger partial charge on any atom is -0.395 e. The molecule has 33 heavy (non-hydrogen) atoms. The Balaban J connectivity index is 1.45. The number of aliphatic hydroxyl groups excluding tert-OH is 1. The van der Waals surface area contributed by atoms with Gasteiger partial charge in [0.1, 0.15) is 5.82 Å². The number of carbonyl (C=O) groups is 1. The summed E-state index contributed by atoms with van der Waals surface area (Å²) in [5.74, 6) is 2.16. The number of amides is 1. The van der Waals surface area contributed by atoms with Crippen molar-refractivity contribution in [3.05, 3.63) is 76.5 Å². The summed E-state index contributed by atoms with van der Waals surface area (Å²) in [4.78, 5) is 19.5. The van der Waals surface area contributed by atoms with Crippen LogP contribution in [0.5, 0.6) is 0 Å². The van der Waals surface area contributed by atoms with Gasteiger partial charge >= 0.3 is 0 Å². The SMILES string of the molecule is C#C[C@@](C)(c1ccc(F)cc1)c1csc(NC(=O)c2ccc(N3CCNC(CO)C3)cc2)n1. The summed E-state index contributed by atoms with van der Waals surface area (Å²) in [5.41, 5.74) is 2.05. The van der Waals surface area contributed by atoms with Gasteiger partial charge in [-0.25, -0.2) is 9.37 Å². The van der Waals surface area contributed by atoms with E-state index in [9.17, 15) is 14.3 Å². The van der Waals surface area contributed by atoms with Crippen LogP contribution in [-0.2, 0) is 5.41 Å². The Morgan fingerprint density at radius 1 is 1.33 bits per heavy atom. The molecule has 3 N–H and O–H groups in total. The largest absolute Gasteiger partial charge is 0.395 e. The summed E-state index contributed by atoms with van der Waals surface area (Å²) in [6, 6.07) is 13.5. The van der Waals surface area contributed by atoms with E-state index in [1.54, 1.807) is 24.3 Å². The first kappa shape index (κ1) is 22.9. The molecule has 6 nitrogen and oxygen atoms in total. The summed E-state index contributed by atoms with van der Waals surface area (Å²) in [6.07, 6.45) is 5.82. The lowest BCUT2D eigenvalue weighted by Gasteiger charge is -2.34. The maximum absolute atomic E-state index is 13.3. The van der Waals surface area contributed by atoms with Gasteiger partial charge < -0.3 is 15.3 Å². The summed E-state index contributed by atoms with van der Waals surface area (Å²) < 4.78 is 13.3. The second-order valence-electron chi connectivity index (χ2n) is 8.09. The molecular weight excluding hydrogens is 439 g/mol. The van der Waals surface area contributed by atoms with E-state index >= 15 is 0 Å². The molecule has 2 heterocycles. The quantitative estimate of drug-likeness (QED) is 0.488. The standard InChI is InChI=1S/C25H25FN4O2S/c1-3-25(2,18-6-8-19(26)9-7-18)22-16-33-24(28-22)29-23(32)17-4-10-21(11-5-17)30-13-12-27-20(14-30)15-31/h1,4-11,16,20,27,31H,12-15H2,2H3,(H,28,29,32)/t20?,25-/m0/s1. The summed E-state index contributed by atoms with van der Waals surface area (Å²) in [6.45, 7) is 4.29. The molecule has 2 atom stereocenters. The number of benzene rings is 2. The number of halogens is 1. The lowest BCUT2D eigenvalue weighted by molar-refractivity contribution is 0.102. The number of rotatable bonds is 6. The van der Waals surface area contributed by atoms with E-state index in [1.807, 2.05) is 24.4 Å². The van der Waals surface area contributed by atoms with E-state index in [-0.39, 0.29) is 24.4 Å². The molecule has 1 aliphatic heterocycles. The summed E-state index contributed by atoms with van der Waals surface area (Å²) >= 11 is 1.29. The summed E-state index contributed by atoms with van der Waals surface area (Å²) in [5, 5.41) is 17.7. The Kier molecular flexibility index (Phi) is 6.75. The number of nitrogens with one attached hydrogen (secondary N) is 2. The van der Waals surface area contributed by atoms with Crippen LogP contribution in [0.3, 0.4) is 0 Å². The zero-order valence-corrected chi connectivity index (χ0v) is 19.0. The molecule has 8 heteroatoms. The number of hydrogen-bond donors (Lipinski definition) is 3. The highest BCUT2D eigenvalue weighted by molar-refractivity contribution is 7.14. The number of nitrogens with zero attached hydrogens (tertiary/aromatic N) is 2. The van der Waals surface area contributed by atoms with Crippen LogP contribution in [0, 0.1) is 18.2 Å². The Hall–Kier alpha value is -3.25. The number of aromatic nitrogens is 1. The number of thiazole rings is 1. The van der Waals surface area contributed by atoms with E-state index in [1.165, 1.54) is 23.5 Å².